The maximum Gasteiger partial charge on any atom is 0.276 e. The zero-order valence-electron chi connectivity index (χ0n) is 14.1. The fourth-order valence-corrected chi connectivity index (χ4v) is 2.28. The summed E-state index contributed by atoms with van der Waals surface area (Å²) in [5, 5.41) is 14.2. The second kappa shape index (κ2) is 7.42. The number of aliphatic hydroxyl groups is 1. The molecule has 0 spiro atoms. The first-order valence-electron chi connectivity index (χ1n) is 7.92. The van der Waals surface area contributed by atoms with Gasteiger partial charge in [-0.25, -0.2) is 0 Å². The molecule has 1 aromatic heterocycles. The highest BCUT2D eigenvalue weighted by molar-refractivity contribution is 5.92. The van der Waals surface area contributed by atoms with Crippen molar-refractivity contribution in [2.75, 3.05) is 13.1 Å². The van der Waals surface area contributed by atoms with E-state index in [0.29, 0.717) is 12.3 Å². The number of rotatable bonds is 6. The third-order valence-corrected chi connectivity index (χ3v) is 3.84. The van der Waals surface area contributed by atoms with Crippen LogP contribution in [-0.2, 0) is 0 Å². The average Bonchev–Trinajstić information content (AvgIpc) is 3.02. The zero-order valence-corrected chi connectivity index (χ0v) is 14.1. The Bertz CT molecular complexity index is 647. The number of benzene rings is 1. The van der Waals surface area contributed by atoms with Crippen LogP contribution in [0.3, 0.4) is 0 Å². The van der Waals surface area contributed by atoms with Crippen LogP contribution < -0.4 is 0 Å². The van der Waals surface area contributed by atoms with Gasteiger partial charge in [-0.3, -0.25) is 4.79 Å². The van der Waals surface area contributed by atoms with Crippen molar-refractivity contribution in [2.24, 2.45) is 0 Å². The fourth-order valence-electron chi connectivity index (χ4n) is 2.28. The third-order valence-electron chi connectivity index (χ3n) is 3.84. The van der Waals surface area contributed by atoms with Gasteiger partial charge in [0.25, 0.3) is 5.91 Å². The minimum atomic E-state index is -0.726. The quantitative estimate of drug-likeness (QED) is 0.888. The highest BCUT2D eigenvalue weighted by Crippen LogP contribution is 2.19. The standard InChI is InChI=1S/C18H24N2O3/c1-5-20(11-16(21)14-8-6-13(4)7-9-14)18(22)15-10-17(12(2)3)23-19-15/h6-10,12,16,21H,5,11H2,1-4H3. The topological polar surface area (TPSA) is 66.6 Å². The summed E-state index contributed by atoms with van der Waals surface area (Å²) < 4.78 is 5.18. The second-order valence-corrected chi connectivity index (χ2v) is 6.04. The summed E-state index contributed by atoms with van der Waals surface area (Å²) in [7, 11) is 0. The Morgan fingerprint density at radius 1 is 1.30 bits per heavy atom. The highest BCUT2D eigenvalue weighted by atomic mass is 16.5. The van der Waals surface area contributed by atoms with Crippen LogP contribution in [0, 0.1) is 6.92 Å². The van der Waals surface area contributed by atoms with Crippen molar-refractivity contribution in [3.8, 4) is 0 Å². The molecule has 23 heavy (non-hydrogen) atoms. The van der Waals surface area contributed by atoms with E-state index in [1.54, 1.807) is 11.0 Å². The predicted octanol–water partition coefficient (Wildman–Crippen LogP) is 3.30. The molecule has 0 radical (unpaired) electrons. The van der Waals surface area contributed by atoms with Gasteiger partial charge < -0.3 is 14.5 Å². The Kier molecular flexibility index (Phi) is 5.55. The molecular formula is C18H24N2O3. The van der Waals surface area contributed by atoms with Gasteiger partial charge in [0, 0.05) is 18.5 Å². The second-order valence-electron chi connectivity index (χ2n) is 6.04. The maximum atomic E-state index is 12.5. The maximum absolute atomic E-state index is 12.5. The van der Waals surface area contributed by atoms with Gasteiger partial charge >= 0.3 is 0 Å². The zero-order chi connectivity index (χ0) is 17.0. The molecule has 1 N–H and O–H groups in total. The smallest absolute Gasteiger partial charge is 0.276 e. The number of hydrogen-bond acceptors (Lipinski definition) is 4. The van der Waals surface area contributed by atoms with Gasteiger partial charge in [0.05, 0.1) is 12.6 Å². The van der Waals surface area contributed by atoms with Crippen molar-refractivity contribution in [1.82, 2.24) is 10.1 Å². The van der Waals surface area contributed by atoms with Crippen molar-refractivity contribution < 1.29 is 14.4 Å². The number of nitrogens with zero attached hydrogens (tertiary/aromatic N) is 2. The molecule has 1 aromatic carbocycles. The first-order chi connectivity index (χ1) is 10.9. The minimum absolute atomic E-state index is 0.178. The molecular weight excluding hydrogens is 292 g/mol. The molecule has 124 valence electrons. The molecule has 2 rings (SSSR count). The highest BCUT2D eigenvalue weighted by Gasteiger charge is 2.22. The summed E-state index contributed by atoms with van der Waals surface area (Å²) in [6, 6.07) is 9.33. The Morgan fingerprint density at radius 3 is 2.48 bits per heavy atom. The van der Waals surface area contributed by atoms with E-state index in [1.165, 1.54) is 0 Å². The predicted molar refractivity (Wildman–Crippen MR) is 88.3 cm³/mol. The normalized spacial score (nSPS) is 12.4. The van der Waals surface area contributed by atoms with Crippen LogP contribution in [0.5, 0.6) is 0 Å². The Hall–Kier alpha value is -2.14. The van der Waals surface area contributed by atoms with Gasteiger partial charge in [0.15, 0.2) is 5.69 Å². The van der Waals surface area contributed by atoms with Crippen molar-refractivity contribution in [2.45, 2.75) is 39.7 Å². The first kappa shape index (κ1) is 17.2. The molecule has 1 heterocycles. The van der Waals surface area contributed by atoms with Crippen molar-refractivity contribution in [1.29, 1.82) is 0 Å². The van der Waals surface area contributed by atoms with E-state index in [0.717, 1.165) is 11.1 Å². The lowest BCUT2D eigenvalue weighted by atomic mass is 10.1. The van der Waals surface area contributed by atoms with Gasteiger partial charge in [-0.1, -0.05) is 48.8 Å². The van der Waals surface area contributed by atoms with Gasteiger partial charge in [0.2, 0.25) is 0 Å². The van der Waals surface area contributed by atoms with E-state index in [-0.39, 0.29) is 24.1 Å². The van der Waals surface area contributed by atoms with Gasteiger partial charge in [-0.2, -0.15) is 0 Å². The molecule has 0 aliphatic heterocycles. The molecule has 0 fully saturated rings. The molecule has 0 aliphatic rings. The fraction of sp³-hybridized carbons (Fsp3) is 0.444. The van der Waals surface area contributed by atoms with Crippen molar-refractivity contribution >= 4 is 5.91 Å². The van der Waals surface area contributed by atoms with Crippen molar-refractivity contribution in [3.63, 3.8) is 0 Å². The molecule has 1 amide bonds. The number of aryl methyl sites for hydroxylation is 1. The Labute approximate surface area is 136 Å². The van der Waals surface area contributed by atoms with Crippen LogP contribution in [0.4, 0.5) is 0 Å². The van der Waals surface area contributed by atoms with Crippen LogP contribution in [0.25, 0.3) is 0 Å². The molecule has 2 aromatic rings. The SMILES string of the molecule is CCN(CC(O)c1ccc(C)cc1)C(=O)c1cc(C(C)C)on1. The number of likely N-dealkylation sites (N-methyl/N-ethyl adjacent to an activating group) is 1. The number of carbonyl (C=O) groups excluding carboxylic acids is 1. The molecule has 5 nitrogen and oxygen atoms in total. The van der Waals surface area contributed by atoms with E-state index in [9.17, 15) is 9.90 Å². The number of aromatic nitrogens is 1. The van der Waals surface area contributed by atoms with E-state index in [2.05, 4.69) is 5.16 Å². The molecule has 0 bridgehead atoms. The third kappa shape index (κ3) is 4.20. The minimum Gasteiger partial charge on any atom is -0.387 e. The van der Waals surface area contributed by atoms with E-state index >= 15 is 0 Å². The summed E-state index contributed by atoms with van der Waals surface area (Å²) in [6.07, 6.45) is -0.726. The summed E-state index contributed by atoms with van der Waals surface area (Å²) in [4.78, 5) is 14.1. The number of hydrogen-bond donors (Lipinski definition) is 1. The summed E-state index contributed by atoms with van der Waals surface area (Å²) >= 11 is 0. The Balaban J connectivity index is 2.08. The summed E-state index contributed by atoms with van der Waals surface area (Å²) in [5.41, 5.74) is 2.21. The molecule has 0 saturated heterocycles. The van der Waals surface area contributed by atoms with Crippen LogP contribution in [0.15, 0.2) is 34.9 Å². The lowest BCUT2D eigenvalue weighted by Crippen LogP contribution is -2.34. The van der Waals surface area contributed by atoms with E-state index in [1.807, 2.05) is 52.0 Å². The first-order valence-corrected chi connectivity index (χ1v) is 7.92. The van der Waals surface area contributed by atoms with Gasteiger partial charge in [-0.05, 0) is 19.4 Å². The number of aliphatic hydroxyl groups excluding tert-OH is 1. The molecule has 0 aliphatic carbocycles. The summed E-state index contributed by atoms with van der Waals surface area (Å²) in [6.45, 7) is 8.55. The van der Waals surface area contributed by atoms with Crippen LogP contribution >= 0.6 is 0 Å². The summed E-state index contributed by atoms with van der Waals surface area (Å²) in [5.74, 6) is 0.634. The van der Waals surface area contributed by atoms with E-state index < -0.39 is 6.10 Å². The molecule has 1 unspecified atom stereocenters. The number of carbonyl (C=O) groups is 1. The molecule has 5 heteroatoms. The molecule has 1 atom stereocenters. The lowest BCUT2D eigenvalue weighted by molar-refractivity contribution is 0.0625. The molecule has 0 saturated carbocycles. The van der Waals surface area contributed by atoms with Crippen molar-refractivity contribution in [3.05, 3.63) is 52.9 Å². The lowest BCUT2D eigenvalue weighted by Gasteiger charge is -2.23. The van der Waals surface area contributed by atoms with Crippen LogP contribution in [0.1, 0.15) is 60.2 Å². The monoisotopic (exact) mass is 316 g/mol. The number of amides is 1. The van der Waals surface area contributed by atoms with Gasteiger partial charge in [0.1, 0.15) is 5.76 Å². The Morgan fingerprint density at radius 2 is 1.96 bits per heavy atom. The largest absolute Gasteiger partial charge is 0.387 e. The van der Waals surface area contributed by atoms with Crippen LogP contribution in [-0.4, -0.2) is 34.2 Å². The van der Waals surface area contributed by atoms with Crippen LogP contribution in [0.2, 0.25) is 0 Å². The average molecular weight is 316 g/mol. The van der Waals surface area contributed by atoms with E-state index in [4.69, 9.17) is 4.52 Å². The van der Waals surface area contributed by atoms with Gasteiger partial charge in [-0.15, -0.1) is 0 Å².